The summed E-state index contributed by atoms with van der Waals surface area (Å²) in [7, 11) is 0. The first kappa shape index (κ1) is 22.3. The number of ether oxygens (including phenoxy) is 1. The summed E-state index contributed by atoms with van der Waals surface area (Å²) in [5.74, 6) is 0.566. The number of nitrogens with zero attached hydrogens (tertiary/aromatic N) is 3. The third-order valence-corrected chi connectivity index (χ3v) is 6.32. The van der Waals surface area contributed by atoms with E-state index in [2.05, 4.69) is 15.6 Å². The third kappa shape index (κ3) is 6.58. The monoisotopic (exact) mass is 437 g/mol. The van der Waals surface area contributed by atoms with Crippen LogP contribution < -0.4 is 10.6 Å². The molecule has 0 aromatic carbocycles. The Balaban J connectivity index is 1.39. The molecule has 0 unspecified atom stereocenters. The second-order valence-electron chi connectivity index (χ2n) is 7.73. The summed E-state index contributed by atoms with van der Waals surface area (Å²) < 4.78 is 4.99. The topological polar surface area (TPSA) is 104 Å². The van der Waals surface area contributed by atoms with Gasteiger partial charge in [-0.05, 0) is 25.7 Å². The normalized spacial score (nSPS) is 17.5. The Bertz CT molecular complexity index is 727. The summed E-state index contributed by atoms with van der Waals surface area (Å²) in [4.78, 5) is 44.0. The van der Waals surface area contributed by atoms with E-state index in [0.717, 1.165) is 6.54 Å². The average Bonchev–Trinajstić information content (AvgIpc) is 3.19. The van der Waals surface area contributed by atoms with Crippen molar-refractivity contribution in [2.45, 2.75) is 45.4 Å². The molecular formula is C20H31N5O4S. The Morgan fingerprint density at radius 3 is 2.53 bits per heavy atom. The van der Waals surface area contributed by atoms with Crippen LogP contribution in [-0.4, -0.2) is 72.1 Å². The summed E-state index contributed by atoms with van der Waals surface area (Å²) in [5, 5.41) is 8.07. The second kappa shape index (κ2) is 11.1. The molecule has 1 saturated carbocycles. The number of piperazine rings is 1. The lowest BCUT2D eigenvalue weighted by Gasteiger charge is -2.33. The summed E-state index contributed by atoms with van der Waals surface area (Å²) in [6.45, 7) is 4.60. The van der Waals surface area contributed by atoms with Crippen molar-refractivity contribution in [3.63, 3.8) is 0 Å². The van der Waals surface area contributed by atoms with Crippen LogP contribution in [0.15, 0.2) is 5.38 Å². The predicted octanol–water partition coefficient (Wildman–Crippen LogP) is 2.69. The highest BCUT2D eigenvalue weighted by molar-refractivity contribution is 7.13. The van der Waals surface area contributed by atoms with Crippen molar-refractivity contribution in [2.75, 3.05) is 44.6 Å². The van der Waals surface area contributed by atoms with Crippen LogP contribution in [0.1, 0.15) is 44.7 Å². The maximum absolute atomic E-state index is 12.4. The molecule has 1 aromatic rings. The van der Waals surface area contributed by atoms with Crippen LogP contribution in [0.5, 0.6) is 0 Å². The maximum atomic E-state index is 12.4. The van der Waals surface area contributed by atoms with Gasteiger partial charge in [-0.3, -0.25) is 10.1 Å². The van der Waals surface area contributed by atoms with Crippen molar-refractivity contribution in [2.24, 2.45) is 5.92 Å². The van der Waals surface area contributed by atoms with E-state index in [0.29, 0.717) is 49.5 Å². The van der Waals surface area contributed by atoms with Gasteiger partial charge >= 0.3 is 12.1 Å². The van der Waals surface area contributed by atoms with E-state index in [-0.39, 0.29) is 24.5 Å². The van der Waals surface area contributed by atoms with Crippen LogP contribution in [-0.2, 0) is 16.0 Å². The number of carbonyl (C=O) groups excluding carboxylic acids is 3. The highest BCUT2D eigenvalue weighted by Crippen LogP contribution is 2.23. The Morgan fingerprint density at radius 2 is 1.83 bits per heavy atom. The first-order valence-electron chi connectivity index (χ1n) is 10.7. The Kier molecular flexibility index (Phi) is 8.30. The fourth-order valence-corrected chi connectivity index (χ4v) is 4.50. The fraction of sp³-hybridized carbons (Fsp3) is 0.700. The number of carbonyl (C=O) groups is 3. The molecule has 2 N–H and O–H groups in total. The molecule has 1 saturated heterocycles. The SMILES string of the molecule is CCOC(=O)N1CCN(C(=O)Nc2nc(CC(=O)NCC3CCCCC3)cs2)CC1. The molecule has 30 heavy (non-hydrogen) atoms. The van der Waals surface area contributed by atoms with Crippen molar-refractivity contribution in [1.82, 2.24) is 20.1 Å². The van der Waals surface area contributed by atoms with Crippen LogP contribution in [0.2, 0.25) is 0 Å². The predicted molar refractivity (Wildman–Crippen MR) is 115 cm³/mol. The molecule has 2 aliphatic rings. The summed E-state index contributed by atoms with van der Waals surface area (Å²) in [6.07, 6.45) is 6.09. The van der Waals surface area contributed by atoms with Crippen molar-refractivity contribution < 1.29 is 19.1 Å². The second-order valence-corrected chi connectivity index (χ2v) is 8.59. The minimum atomic E-state index is -0.344. The Morgan fingerprint density at radius 1 is 1.13 bits per heavy atom. The van der Waals surface area contributed by atoms with Crippen molar-refractivity contribution in [3.05, 3.63) is 11.1 Å². The van der Waals surface area contributed by atoms with Gasteiger partial charge in [0.15, 0.2) is 5.13 Å². The van der Waals surface area contributed by atoms with E-state index in [1.54, 1.807) is 22.1 Å². The van der Waals surface area contributed by atoms with E-state index in [1.165, 1.54) is 43.4 Å². The number of hydrogen-bond acceptors (Lipinski definition) is 6. The maximum Gasteiger partial charge on any atom is 0.409 e. The molecule has 0 spiro atoms. The van der Waals surface area contributed by atoms with Gasteiger partial charge in [0.25, 0.3) is 0 Å². The number of aromatic nitrogens is 1. The van der Waals surface area contributed by atoms with E-state index < -0.39 is 0 Å². The van der Waals surface area contributed by atoms with Gasteiger partial charge in [-0.2, -0.15) is 0 Å². The number of hydrogen-bond donors (Lipinski definition) is 2. The number of amides is 4. The molecule has 0 radical (unpaired) electrons. The molecule has 166 valence electrons. The highest BCUT2D eigenvalue weighted by Gasteiger charge is 2.25. The molecule has 2 fully saturated rings. The van der Waals surface area contributed by atoms with Crippen LogP contribution in [0.4, 0.5) is 14.7 Å². The van der Waals surface area contributed by atoms with Crippen LogP contribution in [0.25, 0.3) is 0 Å². The van der Waals surface area contributed by atoms with Crippen molar-refractivity contribution in [1.29, 1.82) is 0 Å². The van der Waals surface area contributed by atoms with E-state index in [1.807, 2.05) is 0 Å². The van der Waals surface area contributed by atoms with Crippen molar-refractivity contribution >= 4 is 34.5 Å². The number of rotatable bonds is 6. The van der Waals surface area contributed by atoms with Gasteiger partial charge in [-0.15, -0.1) is 11.3 Å². The van der Waals surface area contributed by atoms with Gasteiger partial charge in [0.05, 0.1) is 18.7 Å². The smallest absolute Gasteiger partial charge is 0.409 e. The van der Waals surface area contributed by atoms with Gasteiger partial charge in [0, 0.05) is 38.1 Å². The van der Waals surface area contributed by atoms with Gasteiger partial charge < -0.3 is 19.9 Å². The van der Waals surface area contributed by atoms with Gasteiger partial charge in [0.1, 0.15) is 0 Å². The van der Waals surface area contributed by atoms with Gasteiger partial charge in [-0.1, -0.05) is 19.3 Å². The summed E-state index contributed by atoms with van der Waals surface area (Å²) in [6, 6.07) is -0.249. The number of anilines is 1. The van der Waals surface area contributed by atoms with Crippen LogP contribution in [0.3, 0.4) is 0 Å². The molecule has 0 bridgehead atoms. The molecule has 1 aliphatic carbocycles. The minimum Gasteiger partial charge on any atom is -0.450 e. The zero-order valence-electron chi connectivity index (χ0n) is 17.5. The highest BCUT2D eigenvalue weighted by atomic mass is 32.1. The lowest BCUT2D eigenvalue weighted by molar-refractivity contribution is -0.120. The van der Waals surface area contributed by atoms with Crippen LogP contribution in [0, 0.1) is 5.92 Å². The first-order valence-corrected chi connectivity index (χ1v) is 11.6. The average molecular weight is 438 g/mol. The van der Waals surface area contributed by atoms with Gasteiger partial charge in [0.2, 0.25) is 5.91 Å². The summed E-state index contributed by atoms with van der Waals surface area (Å²) >= 11 is 1.31. The first-order chi connectivity index (χ1) is 14.5. The molecule has 1 aromatic heterocycles. The zero-order chi connectivity index (χ0) is 21.3. The standard InChI is InChI=1S/C20H31N5O4S/c1-2-29-20(28)25-10-8-24(9-11-25)19(27)23-18-22-16(14-30-18)12-17(26)21-13-15-6-4-3-5-7-15/h14-15H,2-13H2,1H3,(H,21,26)(H,22,23,27). The molecule has 10 heteroatoms. The number of urea groups is 1. The molecule has 4 amide bonds. The van der Waals surface area contributed by atoms with E-state index in [4.69, 9.17) is 4.74 Å². The van der Waals surface area contributed by atoms with E-state index >= 15 is 0 Å². The van der Waals surface area contributed by atoms with Gasteiger partial charge in [-0.25, -0.2) is 14.6 Å². The molecule has 2 heterocycles. The van der Waals surface area contributed by atoms with E-state index in [9.17, 15) is 14.4 Å². The lowest BCUT2D eigenvalue weighted by atomic mass is 9.89. The molecule has 0 atom stereocenters. The Hall–Kier alpha value is -2.36. The lowest BCUT2D eigenvalue weighted by Crippen LogP contribution is -2.51. The largest absolute Gasteiger partial charge is 0.450 e. The quantitative estimate of drug-likeness (QED) is 0.712. The number of nitrogens with one attached hydrogen (secondary N) is 2. The summed E-state index contributed by atoms with van der Waals surface area (Å²) in [5.41, 5.74) is 0.656. The molecule has 9 nitrogen and oxygen atoms in total. The van der Waals surface area contributed by atoms with Crippen molar-refractivity contribution in [3.8, 4) is 0 Å². The third-order valence-electron chi connectivity index (χ3n) is 5.51. The molecule has 3 rings (SSSR count). The Labute approximate surface area is 181 Å². The minimum absolute atomic E-state index is 0.0289. The molecular weight excluding hydrogens is 406 g/mol. The fourth-order valence-electron chi connectivity index (χ4n) is 3.80. The number of thiazole rings is 1. The zero-order valence-corrected chi connectivity index (χ0v) is 18.3. The van der Waals surface area contributed by atoms with Crippen LogP contribution >= 0.6 is 11.3 Å². The molecule has 1 aliphatic heterocycles.